The lowest BCUT2D eigenvalue weighted by atomic mass is 9.95. The van der Waals surface area contributed by atoms with Crippen molar-refractivity contribution in [2.45, 2.75) is 38.5 Å². The maximum absolute atomic E-state index is 11.4. The second-order valence-corrected chi connectivity index (χ2v) is 5.13. The lowest BCUT2D eigenvalue weighted by Gasteiger charge is -2.31. The molecule has 0 saturated carbocycles. The standard InChI is InChI=1S/C14H19N3O3/c1-10(18)17-6-2-3-11(9-17)13-8-15-12(7-16-13)4-5-14(19)20/h7-8,11H,2-6,9H2,1H3,(H,19,20). The van der Waals surface area contributed by atoms with Gasteiger partial charge in [-0.15, -0.1) is 0 Å². The number of carboxylic acids is 1. The Bertz CT molecular complexity index is 487. The molecule has 0 aliphatic carbocycles. The van der Waals surface area contributed by atoms with Crippen molar-refractivity contribution < 1.29 is 14.7 Å². The predicted octanol–water partition coefficient (Wildman–Crippen LogP) is 1.22. The summed E-state index contributed by atoms with van der Waals surface area (Å²) in [4.78, 5) is 32.4. The monoisotopic (exact) mass is 277 g/mol. The van der Waals surface area contributed by atoms with Crippen LogP contribution in [-0.2, 0) is 16.0 Å². The summed E-state index contributed by atoms with van der Waals surface area (Å²) in [6.45, 7) is 3.09. The van der Waals surface area contributed by atoms with Gasteiger partial charge in [0.2, 0.25) is 5.91 Å². The normalized spacial score (nSPS) is 18.9. The number of carboxylic acid groups (broad SMARTS) is 1. The van der Waals surface area contributed by atoms with Crippen LogP contribution >= 0.6 is 0 Å². The average molecular weight is 277 g/mol. The summed E-state index contributed by atoms with van der Waals surface area (Å²) in [5, 5.41) is 8.63. The van der Waals surface area contributed by atoms with Crippen LogP contribution in [-0.4, -0.2) is 44.9 Å². The van der Waals surface area contributed by atoms with Gasteiger partial charge in [-0.3, -0.25) is 19.6 Å². The summed E-state index contributed by atoms with van der Waals surface area (Å²) in [6.07, 6.45) is 5.80. The van der Waals surface area contributed by atoms with E-state index in [9.17, 15) is 9.59 Å². The summed E-state index contributed by atoms with van der Waals surface area (Å²) in [6, 6.07) is 0. The van der Waals surface area contributed by atoms with Crippen LogP contribution in [0.15, 0.2) is 12.4 Å². The van der Waals surface area contributed by atoms with Crippen LogP contribution in [0.4, 0.5) is 0 Å². The fourth-order valence-corrected chi connectivity index (χ4v) is 2.44. The van der Waals surface area contributed by atoms with Gasteiger partial charge in [0.05, 0.1) is 17.8 Å². The van der Waals surface area contributed by atoms with E-state index < -0.39 is 5.97 Å². The molecule has 1 aliphatic heterocycles. The highest BCUT2D eigenvalue weighted by molar-refractivity contribution is 5.73. The minimum Gasteiger partial charge on any atom is -0.481 e. The molecule has 108 valence electrons. The Hall–Kier alpha value is -1.98. The molecule has 1 saturated heterocycles. The van der Waals surface area contributed by atoms with Gasteiger partial charge in [-0.2, -0.15) is 0 Å². The summed E-state index contributed by atoms with van der Waals surface area (Å²) in [7, 11) is 0. The average Bonchev–Trinajstić information content (AvgIpc) is 2.46. The molecule has 1 aliphatic rings. The number of likely N-dealkylation sites (tertiary alicyclic amines) is 1. The zero-order valence-corrected chi connectivity index (χ0v) is 11.6. The summed E-state index contributed by atoms with van der Waals surface area (Å²) < 4.78 is 0. The van der Waals surface area contributed by atoms with Gasteiger partial charge < -0.3 is 10.0 Å². The minimum absolute atomic E-state index is 0.0650. The highest BCUT2D eigenvalue weighted by Crippen LogP contribution is 2.25. The first-order valence-electron chi connectivity index (χ1n) is 6.84. The Morgan fingerprint density at radius 2 is 2.20 bits per heavy atom. The molecule has 20 heavy (non-hydrogen) atoms. The van der Waals surface area contributed by atoms with Gasteiger partial charge in [0.25, 0.3) is 0 Å². The van der Waals surface area contributed by atoms with Crippen molar-refractivity contribution in [3.63, 3.8) is 0 Å². The number of piperidine rings is 1. The summed E-state index contributed by atoms with van der Waals surface area (Å²) >= 11 is 0. The maximum Gasteiger partial charge on any atom is 0.303 e. The molecule has 6 heteroatoms. The van der Waals surface area contributed by atoms with Crippen LogP contribution in [0.2, 0.25) is 0 Å². The lowest BCUT2D eigenvalue weighted by molar-refractivity contribution is -0.137. The van der Waals surface area contributed by atoms with Gasteiger partial charge in [-0.05, 0) is 12.8 Å². The number of rotatable bonds is 4. The van der Waals surface area contributed by atoms with Crippen molar-refractivity contribution >= 4 is 11.9 Å². The van der Waals surface area contributed by atoms with Crippen molar-refractivity contribution in [2.24, 2.45) is 0 Å². The molecule has 1 aromatic heterocycles. The van der Waals surface area contributed by atoms with Crippen molar-refractivity contribution in [1.29, 1.82) is 0 Å². The molecule has 0 aromatic carbocycles. The van der Waals surface area contributed by atoms with E-state index in [2.05, 4.69) is 9.97 Å². The number of aromatic nitrogens is 2. The number of aliphatic carboxylic acids is 1. The minimum atomic E-state index is -0.833. The van der Waals surface area contributed by atoms with E-state index in [-0.39, 0.29) is 18.2 Å². The molecule has 1 unspecified atom stereocenters. The zero-order chi connectivity index (χ0) is 14.5. The summed E-state index contributed by atoms with van der Waals surface area (Å²) in [5.74, 6) is -0.505. The molecular weight excluding hydrogens is 258 g/mol. The molecule has 2 heterocycles. The number of nitrogens with zero attached hydrogens (tertiary/aromatic N) is 3. The van der Waals surface area contributed by atoms with E-state index in [4.69, 9.17) is 5.11 Å². The lowest BCUT2D eigenvalue weighted by Crippen LogP contribution is -2.37. The van der Waals surface area contributed by atoms with E-state index in [1.807, 2.05) is 4.90 Å². The number of amides is 1. The quantitative estimate of drug-likeness (QED) is 0.894. The molecule has 6 nitrogen and oxygen atoms in total. The number of aryl methyl sites for hydroxylation is 1. The molecule has 1 amide bonds. The van der Waals surface area contributed by atoms with E-state index >= 15 is 0 Å². The first kappa shape index (κ1) is 14.4. The molecule has 1 fully saturated rings. The van der Waals surface area contributed by atoms with Crippen molar-refractivity contribution in [3.05, 3.63) is 23.8 Å². The smallest absolute Gasteiger partial charge is 0.303 e. The van der Waals surface area contributed by atoms with Gasteiger partial charge in [-0.1, -0.05) is 0 Å². The van der Waals surface area contributed by atoms with Crippen molar-refractivity contribution in [2.75, 3.05) is 13.1 Å². The van der Waals surface area contributed by atoms with E-state index in [0.29, 0.717) is 18.7 Å². The number of hydrogen-bond acceptors (Lipinski definition) is 4. The molecule has 1 aromatic rings. The maximum atomic E-state index is 11.4. The third-order valence-corrected chi connectivity index (χ3v) is 3.61. The van der Waals surface area contributed by atoms with Crippen LogP contribution in [0, 0.1) is 0 Å². The van der Waals surface area contributed by atoms with Crippen molar-refractivity contribution in [1.82, 2.24) is 14.9 Å². The van der Waals surface area contributed by atoms with E-state index in [1.54, 1.807) is 19.3 Å². The molecule has 2 rings (SSSR count). The molecule has 0 spiro atoms. The Labute approximate surface area is 117 Å². The van der Waals surface area contributed by atoms with Crippen molar-refractivity contribution in [3.8, 4) is 0 Å². The number of carbonyl (C=O) groups excluding carboxylic acids is 1. The Balaban J connectivity index is 1.98. The second-order valence-electron chi connectivity index (χ2n) is 5.13. The van der Waals surface area contributed by atoms with E-state index in [0.717, 1.165) is 25.1 Å². The molecule has 0 radical (unpaired) electrons. The third kappa shape index (κ3) is 3.76. The second kappa shape index (κ2) is 6.45. The van der Waals surface area contributed by atoms with Gasteiger partial charge in [0.15, 0.2) is 0 Å². The first-order valence-corrected chi connectivity index (χ1v) is 6.84. The topological polar surface area (TPSA) is 83.4 Å². The fraction of sp³-hybridized carbons (Fsp3) is 0.571. The molecule has 1 atom stereocenters. The van der Waals surface area contributed by atoms with E-state index in [1.165, 1.54) is 0 Å². The first-order chi connectivity index (χ1) is 9.56. The van der Waals surface area contributed by atoms with Crippen LogP contribution in [0.5, 0.6) is 0 Å². The van der Waals surface area contributed by atoms with Gasteiger partial charge >= 0.3 is 5.97 Å². The largest absolute Gasteiger partial charge is 0.481 e. The van der Waals surface area contributed by atoms with Gasteiger partial charge in [0.1, 0.15) is 0 Å². The van der Waals surface area contributed by atoms with Gasteiger partial charge in [-0.25, -0.2) is 0 Å². The molecule has 1 N–H and O–H groups in total. The zero-order valence-electron chi connectivity index (χ0n) is 11.6. The molecular formula is C14H19N3O3. The van der Waals surface area contributed by atoms with Crippen LogP contribution in [0.3, 0.4) is 0 Å². The summed E-state index contributed by atoms with van der Waals surface area (Å²) in [5.41, 5.74) is 1.57. The third-order valence-electron chi connectivity index (χ3n) is 3.61. The number of carbonyl (C=O) groups is 2. The predicted molar refractivity (Wildman–Crippen MR) is 72.2 cm³/mol. The SMILES string of the molecule is CC(=O)N1CCCC(c2cnc(CCC(=O)O)cn2)C1. The highest BCUT2D eigenvalue weighted by atomic mass is 16.4. The van der Waals surface area contributed by atoms with Gasteiger partial charge in [0, 0.05) is 44.7 Å². The van der Waals surface area contributed by atoms with Crippen LogP contribution in [0.25, 0.3) is 0 Å². The van der Waals surface area contributed by atoms with Crippen LogP contribution < -0.4 is 0 Å². The molecule has 0 bridgehead atoms. The Morgan fingerprint density at radius 3 is 2.80 bits per heavy atom. The Kier molecular flexibility index (Phi) is 4.65. The fourth-order valence-electron chi connectivity index (χ4n) is 2.44. The highest BCUT2D eigenvalue weighted by Gasteiger charge is 2.23. The van der Waals surface area contributed by atoms with Crippen LogP contribution in [0.1, 0.15) is 43.5 Å². The number of hydrogen-bond donors (Lipinski definition) is 1. The Morgan fingerprint density at radius 1 is 1.40 bits per heavy atom.